The lowest BCUT2D eigenvalue weighted by molar-refractivity contribution is -0.354. The first-order chi connectivity index (χ1) is 6.15. The molecule has 13 heavy (non-hydrogen) atoms. The maximum absolute atomic E-state index is 12.5. The van der Waals surface area contributed by atoms with Crippen LogP contribution in [0.3, 0.4) is 0 Å². The summed E-state index contributed by atoms with van der Waals surface area (Å²) >= 11 is 0. The van der Waals surface area contributed by atoms with Gasteiger partial charge in [0.25, 0.3) is 5.91 Å². The smallest absolute Gasteiger partial charge is 0.281 e. The van der Waals surface area contributed by atoms with Crippen LogP contribution in [0.4, 0.5) is 10.1 Å². The van der Waals surface area contributed by atoms with Crippen molar-refractivity contribution < 1.29 is 14.9 Å². The summed E-state index contributed by atoms with van der Waals surface area (Å²) in [7, 11) is 1.64. The highest BCUT2D eigenvalue weighted by Crippen LogP contribution is 2.12. The normalized spacial score (nSPS) is 9.77. The van der Waals surface area contributed by atoms with Crippen molar-refractivity contribution in [2.45, 2.75) is 0 Å². The Morgan fingerprint density at radius 3 is 2.46 bits per heavy atom. The fourth-order valence-electron chi connectivity index (χ4n) is 0.976. The molecule has 0 aromatic heterocycles. The van der Waals surface area contributed by atoms with Crippen molar-refractivity contribution >= 4 is 11.6 Å². The molecule has 0 unspecified atom stereocenters. The zero-order valence-corrected chi connectivity index (χ0v) is 7.46. The summed E-state index contributed by atoms with van der Waals surface area (Å²) in [6.45, 7) is 0.202. The van der Waals surface area contributed by atoms with Gasteiger partial charge in [-0.2, -0.15) is 0 Å². The highest BCUT2D eigenvalue weighted by Gasteiger charge is 2.09. The molecule has 0 aliphatic rings. The summed E-state index contributed by atoms with van der Waals surface area (Å²) in [5.74, 6) is -0.397. The third-order valence-corrected chi connectivity index (χ3v) is 1.80. The van der Waals surface area contributed by atoms with E-state index in [9.17, 15) is 9.18 Å². The first kappa shape index (κ1) is 9.67. The fourth-order valence-corrected chi connectivity index (χ4v) is 0.976. The Kier molecular flexibility index (Phi) is 2.97. The Morgan fingerprint density at radius 2 is 2.00 bits per heavy atom. The number of benzene rings is 1. The molecule has 0 spiro atoms. The lowest BCUT2D eigenvalue weighted by Gasteiger charge is -2.14. The minimum absolute atomic E-state index is 0.0911. The van der Waals surface area contributed by atoms with Crippen molar-refractivity contribution in [1.29, 1.82) is 0 Å². The topological polar surface area (TPSA) is 48.0 Å². The average Bonchev–Trinajstić information content (AvgIpc) is 2.17. The van der Waals surface area contributed by atoms with Crippen LogP contribution < -0.4 is 10.6 Å². The Bertz CT molecular complexity index is 297. The van der Waals surface area contributed by atoms with E-state index < -0.39 is 0 Å². The Morgan fingerprint density at radius 1 is 1.46 bits per heavy atom. The van der Waals surface area contributed by atoms with Gasteiger partial charge in [0, 0.05) is 12.7 Å². The molecule has 0 fully saturated rings. The van der Waals surface area contributed by atoms with E-state index in [1.165, 1.54) is 17.0 Å². The number of hydrogen-bond acceptors (Lipinski definition) is 1. The van der Waals surface area contributed by atoms with Crippen LogP contribution in [-0.4, -0.2) is 19.5 Å². The Balaban J connectivity index is 2.83. The Hall–Kier alpha value is -1.42. The first-order valence-corrected chi connectivity index (χ1v) is 3.96. The van der Waals surface area contributed by atoms with Gasteiger partial charge < -0.3 is 10.6 Å². The number of halogens is 1. The summed E-state index contributed by atoms with van der Waals surface area (Å²) < 4.78 is 12.5. The van der Waals surface area contributed by atoms with Gasteiger partial charge in [0.15, 0.2) is 6.54 Å². The van der Waals surface area contributed by atoms with Crippen molar-refractivity contribution in [3.05, 3.63) is 30.1 Å². The molecule has 1 rings (SSSR count). The van der Waals surface area contributed by atoms with Gasteiger partial charge in [-0.05, 0) is 24.3 Å². The first-order valence-electron chi connectivity index (χ1n) is 3.96. The van der Waals surface area contributed by atoms with Crippen molar-refractivity contribution in [2.75, 3.05) is 18.5 Å². The van der Waals surface area contributed by atoms with E-state index in [-0.39, 0.29) is 18.3 Å². The van der Waals surface area contributed by atoms with Crippen molar-refractivity contribution in [2.24, 2.45) is 0 Å². The predicted molar refractivity (Wildman–Crippen MR) is 47.6 cm³/mol. The summed E-state index contributed by atoms with van der Waals surface area (Å²) in [5, 5.41) is 0. The molecule has 3 nitrogen and oxygen atoms in total. The van der Waals surface area contributed by atoms with E-state index >= 15 is 0 Å². The molecule has 1 amide bonds. The third-order valence-electron chi connectivity index (χ3n) is 1.80. The monoisotopic (exact) mass is 183 g/mol. The molecule has 0 radical (unpaired) electrons. The number of amides is 1. The molecule has 4 heteroatoms. The molecule has 0 aliphatic carbocycles. The van der Waals surface area contributed by atoms with Gasteiger partial charge in [-0.1, -0.05) is 0 Å². The van der Waals surface area contributed by atoms with Gasteiger partial charge in [0.1, 0.15) is 5.82 Å². The van der Waals surface area contributed by atoms with Crippen LogP contribution in [0.2, 0.25) is 0 Å². The molecule has 0 atom stereocenters. The SMILES string of the molecule is CN(C(=O)C[NH3+])c1ccc(F)cc1. The number of anilines is 1. The van der Waals surface area contributed by atoms with Crippen LogP contribution in [0.5, 0.6) is 0 Å². The molecule has 1 aromatic rings. The molecular formula is C9H12FN2O+. The zero-order valence-electron chi connectivity index (χ0n) is 7.46. The lowest BCUT2D eigenvalue weighted by Crippen LogP contribution is -2.57. The Labute approximate surface area is 76.0 Å². The number of quaternary nitrogens is 1. The number of hydrogen-bond donors (Lipinski definition) is 1. The molecular weight excluding hydrogens is 171 g/mol. The fraction of sp³-hybridized carbons (Fsp3) is 0.222. The summed E-state index contributed by atoms with van der Waals surface area (Å²) in [5.41, 5.74) is 4.16. The van der Waals surface area contributed by atoms with E-state index in [1.807, 2.05) is 0 Å². The van der Waals surface area contributed by atoms with Crippen LogP contribution in [0, 0.1) is 5.82 Å². The highest BCUT2D eigenvalue weighted by molar-refractivity contribution is 5.93. The van der Waals surface area contributed by atoms with Gasteiger partial charge in [-0.15, -0.1) is 0 Å². The van der Waals surface area contributed by atoms with Gasteiger partial charge >= 0.3 is 0 Å². The molecule has 0 saturated carbocycles. The third kappa shape index (κ3) is 2.26. The minimum atomic E-state index is -0.306. The van der Waals surface area contributed by atoms with E-state index in [0.29, 0.717) is 5.69 Å². The second kappa shape index (κ2) is 4.00. The van der Waals surface area contributed by atoms with E-state index in [4.69, 9.17) is 0 Å². The molecule has 1 aromatic carbocycles. The second-order valence-electron chi connectivity index (χ2n) is 2.68. The van der Waals surface area contributed by atoms with Gasteiger partial charge in [-0.3, -0.25) is 4.79 Å². The van der Waals surface area contributed by atoms with E-state index in [2.05, 4.69) is 5.73 Å². The largest absolute Gasteiger partial charge is 0.350 e. The predicted octanol–water partition coefficient (Wildman–Crippen LogP) is 0.0304. The lowest BCUT2D eigenvalue weighted by atomic mass is 10.3. The van der Waals surface area contributed by atoms with E-state index in [1.54, 1.807) is 19.2 Å². The van der Waals surface area contributed by atoms with Crippen molar-refractivity contribution in [1.82, 2.24) is 0 Å². The average molecular weight is 183 g/mol. The quantitative estimate of drug-likeness (QED) is 0.691. The molecule has 0 saturated heterocycles. The zero-order chi connectivity index (χ0) is 9.84. The number of nitrogens with zero attached hydrogens (tertiary/aromatic N) is 1. The molecule has 3 N–H and O–H groups in total. The maximum atomic E-state index is 12.5. The van der Waals surface area contributed by atoms with Crippen LogP contribution in [0.15, 0.2) is 24.3 Å². The second-order valence-corrected chi connectivity index (χ2v) is 2.68. The summed E-state index contributed by atoms with van der Waals surface area (Å²) in [6, 6.07) is 5.76. The van der Waals surface area contributed by atoms with E-state index in [0.717, 1.165) is 0 Å². The molecule has 0 heterocycles. The summed E-state index contributed by atoms with van der Waals surface area (Å²) in [6.07, 6.45) is 0. The van der Waals surface area contributed by atoms with Gasteiger partial charge in [-0.25, -0.2) is 4.39 Å². The maximum Gasteiger partial charge on any atom is 0.281 e. The molecule has 70 valence electrons. The van der Waals surface area contributed by atoms with Crippen LogP contribution in [0.25, 0.3) is 0 Å². The standard InChI is InChI=1S/C9H11FN2O/c1-12(9(13)6-11)8-4-2-7(10)3-5-8/h2-5H,6,11H2,1H3/p+1. The number of likely N-dealkylation sites (N-methyl/N-ethyl adjacent to an activating group) is 1. The van der Waals surface area contributed by atoms with Gasteiger partial charge in [0.05, 0.1) is 0 Å². The number of rotatable bonds is 2. The van der Waals surface area contributed by atoms with Gasteiger partial charge in [0.2, 0.25) is 0 Å². The number of carbonyl (C=O) groups is 1. The van der Waals surface area contributed by atoms with Crippen molar-refractivity contribution in [3.8, 4) is 0 Å². The van der Waals surface area contributed by atoms with Crippen molar-refractivity contribution in [3.63, 3.8) is 0 Å². The molecule has 0 aliphatic heterocycles. The minimum Gasteiger partial charge on any atom is -0.350 e. The van der Waals surface area contributed by atoms with Crippen LogP contribution >= 0.6 is 0 Å². The highest BCUT2D eigenvalue weighted by atomic mass is 19.1. The molecule has 0 bridgehead atoms. The number of carbonyl (C=O) groups excluding carboxylic acids is 1. The summed E-state index contributed by atoms with van der Waals surface area (Å²) in [4.78, 5) is 12.6. The van der Waals surface area contributed by atoms with Crippen LogP contribution in [0.1, 0.15) is 0 Å². The van der Waals surface area contributed by atoms with Crippen LogP contribution in [-0.2, 0) is 4.79 Å².